The molecular weight excluding hydrogens is 244 g/mol. The predicted molar refractivity (Wildman–Crippen MR) is 72.5 cm³/mol. The van der Waals surface area contributed by atoms with Crippen LogP contribution < -0.4 is 20.1 Å². The Kier molecular flexibility index (Phi) is 5.03. The Hall–Kier alpha value is -1.75. The highest BCUT2D eigenvalue weighted by Gasteiger charge is 2.16. The van der Waals surface area contributed by atoms with Crippen LogP contribution in [-0.4, -0.2) is 38.8 Å². The molecule has 1 fully saturated rings. The molecule has 1 aliphatic rings. The minimum Gasteiger partial charge on any atom is -0.493 e. The first-order valence-electron chi connectivity index (χ1n) is 6.55. The molecule has 1 amide bonds. The van der Waals surface area contributed by atoms with E-state index in [1.807, 2.05) is 24.3 Å². The molecule has 1 saturated heterocycles. The number of amides is 1. The summed E-state index contributed by atoms with van der Waals surface area (Å²) in [4.78, 5) is 11.7. The van der Waals surface area contributed by atoms with Crippen molar-refractivity contribution in [3.63, 3.8) is 0 Å². The molecule has 1 heterocycles. The van der Waals surface area contributed by atoms with E-state index in [9.17, 15) is 4.79 Å². The third kappa shape index (κ3) is 4.13. The molecule has 104 valence electrons. The zero-order valence-corrected chi connectivity index (χ0v) is 11.1. The molecule has 2 rings (SSSR count). The Labute approximate surface area is 113 Å². The van der Waals surface area contributed by atoms with Gasteiger partial charge in [-0.3, -0.25) is 4.79 Å². The van der Waals surface area contributed by atoms with Gasteiger partial charge in [-0.05, 0) is 25.1 Å². The van der Waals surface area contributed by atoms with Crippen LogP contribution in [0.25, 0.3) is 0 Å². The summed E-state index contributed by atoms with van der Waals surface area (Å²) < 4.78 is 10.7. The van der Waals surface area contributed by atoms with Gasteiger partial charge in [0.05, 0.1) is 20.1 Å². The molecule has 0 aromatic heterocycles. The number of carbonyl (C=O) groups is 1. The smallest absolute Gasteiger partial charge is 0.223 e. The Bertz CT molecular complexity index is 417. The lowest BCUT2D eigenvalue weighted by molar-refractivity contribution is -0.122. The van der Waals surface area contributed by atoms with Crippen LogP contribution in [-0.2, 0) is 4.79 Å². The standard InChI is InChI=1S/C14H20N2O3/c1-18-12-4-2-3-5-13(12)19-9-7-14(17)16-11-6-8-15-10-11/h2-5,11,15H,6-10H2,1H3,(H,16,17). The Balaban J connectivity index is 1.72. The summed E-state index contributed by atoms with van der Waals surface area (Å²) in [5.74, 6) is 1.38. The number of methoxy groups -OCH3 is 1. The molecule has 0 aliphatic carbocycles. The molecule has 0 bridgehead atoms. The zero-order valence-electron chi connectivity index (χ0n) is 11.1. The normalized spacial score (nSPS) is 18.1. The van der Waals surface area contributed by atoms with Crippen LogP contribution in [0.15, 0.2) is 24.3 Å². The molecular formula is C14H20N2O3. The Morgan fingerprint density at radius 3 is 2.89 bits per heavy atom. The fourth-order valence-electron chi connectivity index (χ4n) is 2.07. The van der Waals surface area contributed by atoms with Crippen molar-refractivity contribution >= 4 is 5.91 Å². The Morgan fingerprint density at radius 2 is 2.21 bits per heavy atom. The van der Waals surface area contributed by atoms with Crippen LogP contribution in [0.5, 0.6) is 11.5 Å². The molecule has 0 radical (unpaired) electrons. The lowest BCUT2D eigenvalue weighted by Gasteiger charge is -2.12. The van der Waals surface area contributed by atoms with Gasteiger partial charge in [0, 0.05) is 12.6 Å². The molecule has 1 unspecified atom stereocenters. The van der Waals surface area contributed by atoms with Crippen molar-refractivity contribution in [1.29, 1.82) is 0 Å². The minimum atomic E-state index is 0.0311. The molecule has 19 heavy (non-hydrogen) atoms. The average molecular weight is 264 g/mol. The number of ether oxygens (including phenoxy) is 2. The number of benzene rings is 1. The lowest BCUT2D eigenvalue weighted by Crippen LogP contribution is -2.36. The monoisotopic (exact) mass is 264 g/mol. The SMILES string of the molecule is COc1ccccc1OCCC(=O)NC1CCNC1. The molecule has 2 N–H and O–H groups in total. The minimum absolute atomic E-state index is 0.0311. The maximum absolute atomic E-state index is 11.7. The molecule has 1 aromatic rings. The second-order valence-corrected chi connectivity index (χ2v) is 4.51. The number of nitrogens with one attached hydrogen (secondary N) is 2. The van der Waals surface area contributed by atoms with Crippen molar-refractivity contribution in [2.45, 2.75) is 18.9 Å². The quantitative estimate of drug-likeness (QED) is 0.803. The third-order valence-electron chi connectivity index (χ3n) is 3.08. The summed E-state index contributed by atoms with van der Waals surface area (Å²) in [7, 11) is 1.60. The van der Waals surface area contributed by atoms with Crippen LogP contribution >= 0.6 is 0 Å². The van der Waals surface area contributed by atoms with E-state index >= 15 is 0 Å². The third-order valence-corrected chi connectivity index (χ3v) is 3.08. The van der Waals surface area contributed by atoms with Crippen molar-refractivity contribution in [3.8, 4) is 11.5 Å². The maximum Gasteiger partial charge on any atom is 0.223 e. The summed E-state index contributed by atoms with van der Waals surface area (Å²) in [5.41, 5.74) is 0. The van der Waals surface area contributed by atoms with E-state index in [4.69, 9.17) is 9.47 Å². The topological polar surface area (TPSA) is 59.6 Å². The zero-order chi connectivity index (χ0) is 13.5. The molecule has 0 spiro atoms. The van der Waals surface area contributed by atoms with Gasteiger partial charge in [-0.25, -0.2) is 0 Å². The van der Waals surface area contributed by atoms with E-state index in [2.05, 4.69) is 10.6 Å². The first-order valence-corrected chi connectivity index (χ1v) is 6.55. The largest absolute Gasteiger partial charge is 0.493 e. The van der Waals surface area contributed by atoms with Gasteiger partial charge in [-0.15, -0.1) is 0 Å². The number of rotatable bonds is 6. The van der Waals surface area contributed by atoms with Crippen LogP contribution in [0.2, 0.25) is 0 Å². The summed E-state index contributed by atoms with van der Waals surface area (Å²) in [5, 5.41) is 6.19. The summed E-state index contributed by atoms with van der Waals surface area (Å²) in [6.07, 6.45) is 1.35. The van der Waals surface area contributed by atoms with E-state index < -0.39 is 0 Å². The van der Waals surface area contributed by atoms with E-state index in [0.29, 0.717) is 24.5 Å². The second kappa shape index (κ2) is 6.99. The van der Waals surface area contributed by atoms with Gasteiger partial charge in [0.2, 0.25) is 5.91 Å². The van der Waals surface area contributed by atoms with E-state index in [0.717, 1.165) is 19.5 Å². The lowest BCUT2D eigenvalue weighted by atomic mass is 10.2. The number of para-hydroxylation sites is 2. The van der Waals surface area contributed by atoms with E-state index in [1.54, 1.807) is 7.11 Å². The molecule has 1 aromatic carbocycles. The van der Waals surface area contributed by atoms with Crippen molar-refractivity contribution in [2.75, 3.05) is 26.8 Å². The highest BCUT2D eigenvalue weighted by molar-refractivity contribution is 5.76. The summed E-state index contributed by atoms with van der Waals surface area (Å²) in [6, 6.07) is 7.68. The number of hydrogen-bond donors (Lipinski definition) is 2. The highest BCUT2D eigenvalue weighted by Crippen LogP contribution is 2.25. The van der Waals surface area contributed by atoms with E-state index in [1.165, 1.54) is 0 Å². The van der Waals surface area contributed by atoms with Crippen molar-refractivity contribution in [3.05, 3.63) is 24.3 Å². The van der Waals surface area contributed by atoms with Gasteiger partial charge >= 0.3 is 0 Å². The first-order chi connectivity index (χ1) is 9.29. The van der Waals surface area contributed by atoms with Gasteiger partial charge < -0.3 is 20.1 Å². The summed E-state index contributed by atoms with van der Waals surface area (Å²) in [6.45, 7) is 2.19. The van der Waals surface area contributed by atoms with Crippen LogP contribution in [0.1, 0.15) is 12.8 Å². The van der Waals surface area contributed by atoms with Crippen molar-refractivity contribution < 1.29 is 14.3 Å². The van der Waals surface area contributed by atoms with Gasteiger partial charge in [0.25, 0.3) is 0 Å². The van der Waals surface area contributed by atoms with Crippen molar-refractivity contribution in [2.24, 2.45) is 0 Å². The number of hydrogen-bond acceptors (Lipinski definition) is 4. The number of carbonyl (C=O) groups excluding carboxylic acids is 1. The van der Waals surface area contributed by atoms with Gasteiger partial charge in [0.15, 0.2) is 11.5 Å². The fraction of sp³-hybridized carbons (Fsp3) is 0.500. The molecule has 5 heteroatoms. The maximum atomic E-state index is 11.7. The van der Waals surface area contributed by atoms with Gasteiger partial charge in [-0.2, -0.15) is 0 Å². The fourth-order valence-corrected chi connectivity index (χ4v) is 2.07. The molecule has 0 saturated carbocycles. The molecule has 5 nitrogen and oxygen atoms in total. The van der Waals surface area contributed by atoms with Crippen molar-refractivity contribution in [1.82, 2.24) is 10.6 Å². The van der Waals surface area contributed by atoms with Gasteiger partial charge in [0.1, 0.15) is 0 Å². The Morgan fingerprint density at radius 1 is 1.42 bits per heavy atom. The van der Waals surface area contributed by atoms with Gasteiger partial charge in [-0.1, -0.05) is 12.1 Å². The predicted octanol–water partition coefficient (Wildman–Crippen LogP) is 0.942. The molecule has 1 aliphatic heterocycles. The second-order valence-electron chi connectivity index (χ2n) is 4.51. The van der Waals surface area contributed by atoms with Crippen LogP contribution in [0, 0.1) is 0 Å². The van der Waals surface area contributed by atoms with E-state index in [-0.39, 0.29) is 11.9 Å². The summed E-state index contributed by atoms with van der Waals surface area (Å²) >= 11 is 0. The van der Waals surface area contributed by atoms with Crippen LogP contribution in [0.3, 0.4) is 0 Å². The van der Waals surface area contributed by atoms with Crippen LogP contribution in [0.4, 0.5) is 0 Å². The first kappa shape index (κ1) is 13.7. The molecule has 1 atom stereocenters. The average Bonchev–Trinajstić information content (AvgIpc) is 2.92. The highest BCUT2D eigenvalue weighted by atomic mass is 16.5.